The molecule has 0 saturated carbocycles. The Bertz CT molecular complexity index is 1600. The third-order valence-corrected chi connectivity index (χ3v) is 8.56. The normalized spacial score (nSPS) is 15.4. The Kier molecular flexibility index (Phi) is 8.25. The van der Waals surface area contributed by atoms with Crippen molar-refractivity contribution >= 4 is 41.0 Å². The molecule has 0 radical (unpaired) electrons. The molecule has 1 aliphatic heterocycles. The lowest BCUT2D eigenvalue weighted by Crippen LogP contribution is -2.42. The van der Waals surface area contributed by atoms with E-state index in [4.69, 9.17) is 16.7 Å². The van der Waals surface area contributed by atoms with Crippen molar-refractivity contribution in [1.82, 2.24) is 20.1 Å². The fraction of sp³-hybridized carbons (Fsp3) is 0.312. The van der Waals surface area contributed by atoms with E-state index >= 15 is 0 Å². The van der Waals surface area contributed by atoms with Gasteiger partial charge in [0.25, 0.3) is 0 Å². The molecule has 9 heteroatoms. The van der Waals surface area contributed by atoms with Crippen molar-refractivity contribution in [3.63, 3.8) is 0 Å². The van der Waals surface area contributed by atoms with E-state index in [1.165, 1.54) is 0 Å². The average molecular weight is 588 g/mol. The number of hydrogen-bond donors (Lipinski definition) is 1. The number of pyridine rings is 1. The molecule has 1 aliphatic rings. The van der Waals surface area contributed by atoms with Crippen molar-refractivity contribution in [2.75, 3.05) is 17.2 Å². The molecule has 3 heterocycles. The van der Waals surface area contributed by atoms with Gasteiger partial charge in [0.2, 0.25) is 11.8 Å². The molecular formula is C32H34ClN5O2S. The molecule has 0 bridgehead atoms. The average Bonchev–Trinajstić information content (AvgIpc) is 3.25. The zero-order valence-electron chi connectivity index (χ0n) is 23.9. The van der Waals surface area contributed by atoms with Crippen LogP contribution in [0.5, 0.6) is 0 Å². The number of hydrogen-bond acceptors (Lipinski definition) is 5. The van der Waals surface area contributed by atoms with Gasteiger partial charge < -0.3 is 5.32 Å². The summed E-state index contributed by atoms with van der Waals surface area (Å²) in [4.78, 5) is 32.8. The number of carbonyl (C=O) groups excluding carboxylic acids is 2. The molecular weight excluding hydrogens is 554 g/mol. The van der Waals surface area contributed by atoms with Crippen LogP contribution in [0.3, 0.4) is 0 Å². The van der Waals surface area contributed by atoms with Crippen molar-refractivity contribution in [2.45, 2.75) is 51.8 Å². The maximum Gasteiger partial charge on any atom is 0.240 e. The van der Waals surface area contributed by atoms with Gasteiger partial charge in [0.15, 0.2) is 0 Å². The van der Waals surface area contributed by atoms with Crippen LogP contribution in [0.4, 0.5) is 5.82 Å². The first-order valence-electron chi connectivity index (χ1n) is 13.6. The number of nitrogens with one attached hydrogen (secondary N) is 1. The van der Waals surface area contributed by atoms with Crippen molar-refractivity contribution in [3.8, 4) is 5.69 Å². The summed E-state index contributed by atoms with van der Waals surface area (Å²) in [5.74, 6) is 0.435. The van der Waals surface area contributed by atoms with Crippen LogP contribution in [0.25, 0.3) is 5.69 Å². The van der Waals surface area contributed by atoms with Crippen molar-refractivity contribution in [2.24, 2.45) is 0 Å². The van der Waals surface area contributed by atoms with E-state index in [0.717, 1.165) is 39.2 Å². The van der Waals surface area contributed by atoms with Crippen molar-refractivity contribution < 1.29 is 9.59 Å². The highest BCUT2D eigenvalue weighted by Gasteiger charge is 2.40. The van der Waals surface area contributed by atoms with Gasteiger partial charge in [-0.25, -0.2) is 4.68 Å². The molecule has 7 nitrogen and oxygen atoms in total. The molecule has 2 aromatic heterocycles. The number of thioether (sulfide) groups is 1. The second-order valence-electron chi connectivity index (χ2n) is 11.4. The molecule has 4 aromatic rings. The number of nitrogens with zero attached hydrogens (tertiary/aromatic N) is 4. The van der Waals surface area contributed by atoms with E-state index in [2.05, 4.69) is 44.1 Å². The van der Waals surface area contributed by atoms with Gasteiger partial charge in [-0.2, -0.15) is 5.10 Å². The summed E-state index contributed by atoms with van der Waals surface area (Å²) < 4.78 is 1.86. The summed E-state index contributed by atoms with van der Waals surface area (Å²) in [5.41, 5.74) is 6.43. The standard InChI is InChI=1S/C32H34ClN5O2S/c1-20-9-10-25(21(2)15-20)38-31-28(30(36-38)32(3,4)5)29(23-7-6-8-24(33)16-23)41-19-27(40)37(31)18-26(39)35-17-22-11-13-34-14-12-22/h6-16,29H,17-19H2,1-5H3,(H,35,39). The number of fused-ring (bicyclic) bond motifs is 1. The number of anilines is 1. The van der Waals surface area contributed by atoms with Crippen LogP contribution in [0, 0.1) is 13.8 Å². The Morgan fingerprint density at radius 2 is 1.85 bits per heavy atom. The smallest absolute Gasteiger partial charge is 0.240 e. The fourth-order valence-corrected chi connectivity index (χ4v) is 6.50. The Morgan fingerprint density at radius 3 is 2.54 bits per heavy atom. The number of aromatic nitrogens is 3. The van der Waals surface area contributed by atoms with Crippen molar-refractivity contribution in [3.05, 3.63) is 106 Å². The summed E-state index contributed by atoms with van der Waals surface area (Å²) in [6.45, 7) is 10.7. The minimum absolute atomic E-state index is 0.125. The third-order valence-electron chi connectivity index (χ3n) is 7.07. The minimum atomic E-state index is -0.339. The number of halogens is 1. The highest BCUT2D eigenvalue weighted by atomic mass is 35.5. The monoisotopic (exact) mass is 587 g/mol. The largest absolute Gasteiger partial charge is 0.350 e. The van der Waals surface area contributed by atoms with E-state index in [1.54, 1.807) is 29.1 Å². The molecule has 41 heavy (non-hydrogen) atoms. The third kappa shape index (κ3) is 6.19. The second kappa shape index (κ2) is 11.7. The molecule has 0 spiro atoms. The maximum absolute atomic E-state index is 13.9. The number of amides is 2. The topological polar surface area (TPSA) is 80.1 Å². The van der Waals surface area contributed by atoms with Gasteiger partial charge in [0.05, 0.1) is 22.4 Å². The highest BCUT2D eigenvalue weighted by molar-refractivity contribution is 8.00. The lowest BCUT2D eigenvalue weighted by atomic mass is 9.87. The molecule has 0 fully saturated rings. The van der Waals surface area contributed by atoms with Crippen LogP contribution < -0.4 is 10.2 Å². The number of carbonyl (C=O) groups is 2. The molecule has 2 amide bonds. The van der Waals surface area contributed by atoms with Gasteiger partial charge in [-0.05, 0) is 60.9 Å². The quantitative estimate of drug-likeness (QED) is 0.285. The Morgan fingerprint density at radius 1 is 1.10 bits per heavy atom. The fourth-order valence-electron chi connectivity index (χ4n) is 5.12. The summed E-state index contributed by atoms with van der Waals surface area (Å²) in [7, 11) is 0. The maximum atomic E-state index is 13.9. The SMILES string of the molecule is Cc1ccc(-n2nc(C(C)(C)C)c3c2N(CC(=O)NCc2ccncc2)C(=O)CSC3c2cccc(Cl)c2)c(C)c1. The van der Waals surface area contributed by atoms with E-state index in [-0.39, 0.29) is 34.8 Å². The van der Waals surface area contributed by atoms with Gasteiger partial charge in [-0.15, -0.1) is 11.8 Å². The van der Waals surface area contributed by atoms with Gasteiger partial charge >= 0.3 is 0 Å². The van der Waals surface area contributed by atoms with Crippen molar-refractivity contribution in [1.29, 1.82) is 0 Å². The van der Waals surface area contributed by atoms with Gasteiger partial charge in [-0.3, -0.25) is 19.5 Å². The lowest BCUT2D eigenvalue weighted by Gasteiger charge is -2.25. The molecule has 0 aliphatic carbocycles. The molecule has 1 unspecified atom stereocenters. The second-order valence-corrected chi connectivity index (χ2v) is 12.9. The summed E-state index contributed by atoms with van der Waals surface area (Å²) >= 11 is 7.99. The predicted octanol–water partition coefficient (Wildman–Crippen LogP) is 6.32. The summed E-state index contributed by atoms with van der Waals surface area (Å²) in [6, 6.07) is 17.7. The number of aryl methyl sites for hydroxylation is 2. The first-order valence-corrected chi connectivity index (χ1v) is 15.0. The van der Waals surface area contributed by atoms with E-state index < -0.39 is 0 Å². The molecule has 1 atom stereocenters. The van der Waals surface area contributed by atoms with Crippen LogP contribution in [-0.2, 0) is 21.5 Å². The Labute approximate surface area is 250 Å². The highest BCUT2D eigenvalue weighted by Crippen LogP contribution is 2.48. The van der Waals surface area contributed by atoms with Crippen LogP contribution in [-0.4, -0.2) is 38.9 Å². The summed E-state index contributed by atoms with van der Waals surface area (Å²) in [5, 5.41) is 8.58. The minimum Gasteiger partial charge on any atom is -0.350 e. The van der Waals surface area contributed by atoms with Crippen LogP contribution in [0.15, 0.2) is 67.0 Å². The van der Waals surface area contributed by atoms with Gasteiger partial charge in [0.1, 0.15) is 12.4 Å². The van der Waals surface area contributed by atoms with Gasteiger partial charge in [-0.1, -0.05) is 62.2 Å². The molecule has 1 N–H and O–H groups in total. The Balaban J connectivity index is 1.68. The number of benzene rings is 2. The molecule has 212 valence electrons. The van der Waals surface area contributed by atoms with Crippen LogP contribution in [0.2, 0.25) is 5.02 Å². The zero-order chi connectivity index (χ0) is 29.3. The zero-order valence-corrected chi connectivity index (χ0v) is 25.5. The summed E-state index contributed by atoms with van der Waals surface area (Å²) in [6.07, 6.45) is 3.38. The number of rotatable bonds is 6. The molecule has 0 saturated heterocycles. The van der Waals surface area contributed by atoms with E-state index in [9.17, 15) is 9.59 Å². The van der Waals surface area contributed by atoms with Crippen LogP contribution >= 0.6 is 23.4 Å². The Hall–Kier alpha value is -3.62. The lowest BCUT2D eigenvalue weighted by molar-refractivity contribution is -0.123. The molecule has 5 rings (SSSR count). The van der Waals surface area contributed by atoms with E-state index in [0.29, 0.717) is 17.4 Å². The molecule has 2 aromatic carbocycles. The van der Waals surface area contributed by atoms with Crippen LogP contribution in [0.1, 0.15) is 59.5 Å². The first-order chi connectivity index (χ1) is 19.5. The predicted molar refractivity (Wildman–Crippen MR) is 166 cm³/mol. The van der Waals surface area contributed by atoms with E-state index in [1.807, 2.05) is 60.1 Å². The van der Waals surface area contributed by atoms with Gasteiger partial charge in [0, 0.05) is 34.9 Å². The first kappa shape index (κ1) is 28.9.